The van der Waals surface area contributed by atoms with Crippen LogP contribution in [0.1, 0.15) is 43.8 Å². The van der Waals surface area contributed by atoms with Crippen molar-refractivity contribution in [1.82, 2.24) is 5.32 Å². The van der Waals surface area contributed by atoms with Gasteiger partial charge in [0.05, 0.1) is 8.66 Å². The Morgan fingerprint density at radius 3 is 2.39 bits per heavy atom. The van der Waals surface area contributed by atoms with E-state index in [-0.39, 0.29) is 11.8 Å². The van der Waals surface area contributed by atoms with E-state index in [2.05, 4.69) is 51.4 Å². The molecule has 1 unspecified atom stereocenters. The highest BCUT2D eigenvalue weighted by Gasteiger charge is 2.30. The Labute approximate surface area is 177 Å². The molecule has 1 aromatic heterocycles. The van der Waals surface area contributed by atoms with Gasteiger partial charge in [-0.2, -0.15) is 0 Å². The van der Waals surface area contributed by atoms with Crippen LogP contribution < -0.4 is 15.5 Å². The van der Waals surface area contributed by atoms with Gasteiger partial charge in [-0.25, -0.2) is 0 Å². The first kappa shape index (κ1) is 20.6. The van der Waals surface area contributed by atoms with Crippen molar-refractivity contribution in [3.63, 3.8) is 0 Å². The number of nitrogens with zero attached hydrogens (tertiary/aromatic N) is 1. The third kappa shape index (κ3) is 4.47. The normalized spacial score (nSPS) is 16.7. The van der Waals surface area contributed by atoms with Gasteiger partial charge in [0.25, 0.3) is 5.91 Å². The van der Waals surface area contributed by atoms with Gasteiger partial charge in [-0.3, -0.25) is 9.59 Å². The summed E-state index contributed by atoms with van der Waals surface area (Å²) < 4.78 is 0.873. The molecule has 1 atom stereocenters. The Kier molecular flexibility index (Phi) is 5.95. The van der Waals surface area contributed by atoms with Crippen LogP contribution >= 0.6 is 27.3 Å². The van der Waals surface area contributed by atoms with Crippen LogP contribution in [0, 0.1) is 0 Å². The molecule has 0 saturated heterocycles. The van der Waals surface area contributed by atoms with Gasteiger partial charge in [-0.1, -0.05) is 6.08 Å². The number of carbonyl (C=O) groups excluding carboxylic acids is 2. The quantitative estimate of drug-likeness (QED) is 0.646. The van der Waals surface area contributed by atoms with E-state index < -0.39 is 5.54 Å². The molecule has 0 spiro atoms. The molecule has 5 nitrogen and oxygen atoms in total. The van der Waals surface area contributed by atoms with E-state index in [0.717, 1.165) is 15.9 Å². The number of anilines is 2. The topological polar surface area (TPSA) is 61.4 Å². The fourth-order valence-corrected chi connectivity index (χ4v) is 4.46. The van der Waals surface area contributed by atoms with Gasteiger partial charge >= 0.3 is 0 Å². The van der Waals surface area contributed by atoms with Crippen molar-refractivity contribution >= 4 is 50.5 Å². The predicted octanol–water partition coefficient (Wildman–Crippen LogP) is 5.16. The van der Waals surface area contributed by atoms with E-state index in [0.29, 0.717) is 16.6 Å². The van der Waals surface area contributed by atoms with Gasteiger partial charge in [0.1, 0.15) is 5.54 Å². The largest absolute Gasteiger partial charge is 0.343 e. The van der Waals surface area contributed by atoms with E-state index in [1.54, 1.807) is 19.9 Å². The van der Waals surface area contributed by atoms with Crippen LogP contribution in [0.25, 0.3) is 0 Å². The average molecular weight is 462 g/mol. The van der Waals surface area contributed by atoms with Crippen LogP contribution in [0.4, 0.5) is 11.4 Å². The maximum Gasteiger partial charge on any atom is 0.262 e. The predicted molar refractivity (Wildman–Crippen MR) is 119 cm³/mol. The molecule has 2 aromatic rings. The van der Waals surface area contributed by atoms with E-state index in [4.69, 9.17) is 0 Å². The van der Waals surface area contributed by atoms with Gasteiger partial charge in [-0.15, -0.1) is 11.3 Å². The minimum Gasteiger partial charge on any atom is -0.343 e. The van der Waals surface area contributed by atoms with Crippen LogP contribution in [-0.2, 0) is 4.79 Å². The molecular formula is C21H24BrN3O2S. The summed E-state index contributed by atoms with van der Waals surface area (Å²) in [5.74, 6) is -0.536. The minimum absolute atomic E-state index is 0.267. The van der Waals surface area contributed by atoms with Crippen molar-refractivity contribution in [2.24, 2.45) is 0 Å². The monoisotopic (exact) mass is 461 g/mol. The highest BCUT2D eigenvalue weighted by Crippen LogP contribution is 2.30. The first-order valence-electron chi connectivity index (χ1n) is 9.13. The van der Waals surface area contributed by atoms with Crippen molar-refractivity contribution in [2.45, 2.75) is 45.7 Å². The zero-order chi connectivity index (χ0) is 20.5. The van der Waals surface area contributed by atoms with Crippen LogP contribution in [0.3, 0.4) is 0 Å². The van der Waals surface area contributed by atoms with Gasteiger partial charge in [-0.05, 0) is 86.4 Å². The lowest BCUT2D eigenvalue weighted by molar-refractivity contribution is -0.120. The van der Waals surface area contributed by atoms with Crippen LogP contribution in [0.2, 0.25) is 0 Å². The van der Waals surface area contributed by atoms with E-state index in [1.165, 1.54) is 17.0 Å². The number of rotatable bonds is 5. The third-order valence-electron chi connectivity index (χ3n) is 4.77. The van der Waals surface area contributed by atoms with Gasteiger partial charge in [0.2, 0.25) is 5.91 Å². The van der Waals surface area contributed by atoms with Crippen molar-refractivity contribution in [1.29, 1.82) is 0 Å². The first-order chi connectivity index (χ1) is 13.2. The molecule has 0 aliphatic carbocycles. The summed E-state index contributed by atoms with van der Waals surface area (Å²) in [4.78, 5) is 27.9. The standard InChI is InChI=1S/C21H24BrN3O2S/c1-13-5-6-14(2)25(13)16-9-7-15(8-10-16)23-20(27)21(3,4)24-19(26)17-11-12-18(22)28-17/h5,7-12,14H,6H2,1-4H3,(H,23,27)(H,24,26). The average Bonchev–Trinajstić information content (AvgIpc) is 3.21. The smallest absolute Gasteiger partial charge is 0.262 e. The van der Waals surface area contributed by atoms with E-state index in [9.17, 15) is 9.59 Å². The number of amides is 2. The van der Waals surface area contributed by atoms with Crippen LogP contribution in [0.15, 0.2) is 52.0 Å². The number of halogens is 1. The molecule has 0 fully saturated rings. The third-order valence-corrected chi connectivity index (χ3v) is 6.39. The fraction of sp³-hybridized carbons (Fsp3) is 0.333. The molecule has 3 rings (SSSR count). The van der Waals surface area contributed by atoms with Crippen molar-refractivity contribution in [3.8, 4) is 0 Å². The molecule has 2 amide bonds. The number of thiophene rings is 1. The Morgan fingerprint density at radius 2 is 1.86 bits per heavy atom. The molecule has 0 bridgehead atoms. The maximum absolute atomic E-state index is 12.7. The summed E-state index contributed by atoms with van der Waals surface area (Å²) in [7, 11) is 0. The number of nitrogens with one attached hydrogen (secondary N) is 2. The molecule has 1 aliphatic rings. The highest BCUT2D eigenvalue weighted by atomic mass is 79.9. The minimum atomic E-state index is -1.05. The Hall–Kier alpha value is -2.12. The molecule has 28 heavy (non-hydrogen) atoms. The summed E-state index contributed by atoms with van der Waals surface area (Å²) in [6.07, 6.45) is 3.27. The Morgan fingerprint density at radius 1 is 1.18 bits per heavy atom. The van der Waals surface area contributed by atoms with E-state index in [1.807, 2.05) is 30.3 Å². The molecule has 1 aromatic carbocycles. The van der Waals surface area contributed by atoms with Crippen molar-refractivity contribution in [2.75, 3.05) is 10.2 Å². The molecule has 0 saturated carbocycles. The lowest BCUT2D eigenvalue weighted by Gasteiger charge is -2.27. The number of carbonyl (C=O) groups is 2. The number of hydrogen-bond donors (Lipinski definition) is 2. The Balaban J connectivity index is 1.64. The SMILES string of the molecule is CC1=CCC(C)N1c1ccc(NC(=O)C(C)(C)NC(=O)c2ccc(Br)s2)cc1. The van der Waals surface area contributed by atoms with Gasteiger partial charge < -0.3 is 15.5 Å². The molecule has 7 heteroatoms. The van der Waals surface area contributed by atoms with E-state index >= 15 is 0 Å². The van der Waals surface area contributed by atoms with Crippen LogP contribution in [-0.4, -0.2) is 23.4 Å². The molecule has 0 radical (unpaired) electrons. The summed E-state index contributed by atoms with van der Waals surface area (Å²) in [6.45, 7) is 7.69. The summed E-state index contributed by atoms with van der Waals surface area (Å²) >= 11 is 4.67. The number of hydrogen-bond acceptors (Lipinski definition) is 4. The van der Waals surface area contributed by atoms with Crippen LogP contribution in [0.5, 0.6) is 0 Å². The molecule has 1 aliphatic heterocycles. The number of benzene rings is 1. The summed E-state index contributed by atoms with van der Waals surface area (Å²) in [5, 5.41) is 5.69. The van der Waals surface area contributed by atoms with Crippen molar-refractivity contribution < 1.29 is 9.59 Å². The molecule has 2 heterocycles. The van der Waals surface area contributed by atoms with Gasteiger partial charge in [0.15, 0.2) is 0 Å². The second-order valence-electron chi connectivity index (χ2n) is 7.48. The molecular weight excluding hydrogens is 438 g/mol. The van der Waals surface area contributed by atoms with Gasteiger partial charge in [0, 0.05) is 23.1 Å². The lowest BCUT2D eigenvalue weighted by atomic mass is 10.0. The second-order valence-corrected chi connectivity index (χ2v) is 9.95. The first-order valence-corrected chi connectivity index (χ1v) is 10.7. The Bertz CT molecular complexity index is 918. The zero-order valence-electron chi connectivity index (χ0n) is 16.4. The lowest BCUT2D eigenvalue weighted by Crippen LogP contribution is -2.52. The highest BCUT2D eigenvalue weighted by molar-refractivity contribution is 9.11. The molecule has 2 N–H and O–H groups in total. The zero-order valence-corrected chi connectivity index (χ0v) is 18.8. The second kappa shape index (κ2) is 8.09. The maximum atomic E-state index is 12.7. The summed E-state index contributed by atoms with van der Waals surface area (Å²) in [6, 6.07) is 11.8. The summed E-state index contributed by atoms with van der Waals surface area (Å²) in [5.41, 5.74) is 2.00. The van der Waals surface area contributed by atoms with Crippen molar-refractivity contribution in [3.05, 3.63) is 56.8 Å². The molecule has 148 valence electrons. The number of allylic oxidation sites excluding steroid dienone is 1. The fourth-order valence-electron chi connectivity index (χ4n) is 3.18.